The lowest BCUT2D eigenvalue weighted by Crippen LogP contribution is -2.54. The van der Waals surface area contributed by atoms with Crippen LogP contribution in [0.2, 0.25) is 0 Å². The summed E-state index contributed by atoms with van der Waals surface area (Å²) in [6.45, 7) is 11.7. The van der Waals surface area contributed by atoms with Gasteiger partial charge in [0.1, 0.15) is 17.8 Å². The van der Waals surface area contributed by atoms with E-state index < -0.39 is 65.4 Å². The van der Waals surface area contributed by atoms with Crippen molar-refractivity contribution in [3.8, 4) is 5.75 Å². The number of β-amino-alcohol motifs (C(OH)–C–C–N with tert-alkyl or cyclic N) is 1. The Labute approximate surface area is 244 Å². The highest BCUT2D eigenvalue weighted by Crippen LogP contribution is 2.33. The van der Waals surface area contributed by atoms with Crippen LogP contribution in [0.5, 0.6) is 5.75 Å². The van der Waals surface area contributed by atoms with E-state index in [-0.39, 0.29) is 43.0 Å². The van der Waals surface area contributed by atoms with Gasteiger partial charge in [-0.25, -0.2) is 0 Å². The first-order chi connectivity index (χ1) is 19.2. The molecular weight excluding hydrogens is 557 g/mol. The molecular formula is C29H43F3N4O6. The molecule has 0 saturated carbocycles. The number of likely N-dealkylation sites (N-methyl/N-ethyl adjacent to an activating group) is 1. The van der Waals surface area contributed by atoms with E-state index in [0.717, 1.165) is 12.1 Å². The van der Waals surface area contributed by atoms with Crippen LogP contribution < -0.4 is 15.4 Å². The minimum atomic E-state index is -4.77. The SMILES string of the molecule is CC(C)C[C@@H](NC(=O)c1cc(C(F)(F)F)ccc1OCC(=O)NC(C)(C)C)C(=O)N1C[C@@H](O)C[C@@H]1C(=O)N(C)C(C)C. The van der Waals surface area contributed by atoms with E-state index >= 15 is 0 Å². The van der Waals surface area contributed by atoms with Gasteiger partial charge in [0.2, 0.25) is 11.8 Å². The fourth-order valence-electron chi connectivity index (χ4n) is 4.52. The number of benzene rings is 1. The summed E-state index contributed by atoms with van der Waals surface area (Å²) < 4.78 is 46.1. The number of alkyl halides is 3. The zero-order valence-electron chi connectivity index (χ0n) is 25.5. The number of carbonyl (C=O) groups excluding carboxylic acids is 4. The molecule has 0 unspecified atom stereocenters. The van der Waals surface area contributed by atoms with E-state index in [1.165, 1.54) is 9.80 Å². The molecule has 10 nitrogen and oxygen atoms in total. The van der Waals surface area contributed by atoms with Crippen LogP contribution in [0, 0.1) is 5.92 Å². The van der Waals surface area contributed by atoms with Gasteiger partial charge in [-0.1, -0.05) is 13.8 Å². The molecule has 13 heteroatoms. The Bertz CT molecular complexity index is 1150. The standard InChI is InChI=1S/C29H43F3N4O6/c1-16(2)11-21(26(40)36-14-19(37)13-22(36)27(41)35(8)17(3)4)33-25(39)20-12-18(29(30,31)32)9-10-23(20)42-15-24(38)34-28(5,6)7/h9-10,12,16-17,19,21-22,37H,11,13-15H2,1-8H3,(H,33,39)(H,34,38)/t19-,21+,22+/m0/s1. The van der Waals surface area contributed by atoms with Crippen LogP contribution in [-0.4, -0.2) is 88.5 Å². The van der Waals surface area contributed by atoms with Crippen molar-refractivity contribution in [2.24, 2.45) is 5.92 Å². The van der Waals surface area contributed by atoms with Crippen LogP contribution in [0.15, 0.2) is 18.2 Å². The van der Waals surface area contributed by atoms with E-state index in [4.69, 9.17) is 4.74 Å². The molecule has 1 heterocycles. The first-order valence-electron chi connectivity index (χ1n) is 13.9. The summed E-state index contributed by atoms with van der Waals surface area (Å²) in [6.07, 6.45) is -5.60. The van der Waals surface area contributed by atoms with Crippen LogP contribution in [-0.2, 0) is 20.6 Å². The number of nitrogens with zero attached hydrogens (tertiary/aromatic N) is 2. The van der Waals surface area contributed by atoms with Gasteiger partial charge in [-0.15, -0.1) is 0 Å². The van der Waals surface area contributed by atoms with Gasteiger partial charge in [0.25, 0.3) is 11.8 Å². The number of hydrogen-bond acceptors (Lipinski definition) is 6. The van der Waals surface area contributed by atoms with Crippen molar-refractivity contribution in [1.29, 1.82) is 0 Å². The second kappa shape index (κ2) is 13.7. The third-order valence-electron chi connectivity index (χ3n) is 6.70. The molecule has 1 aliphatic rings. The Balaban J connectivity index is 2.40. The van der Waals surface area contributed by atoms with Gasteiger partial charge in [0.05, 0.1) is 17.2 Å². The zero-order chi connectivity index (χ0) is 32.2. The third-order valence-corrected chi connectivity index (χ3v) is 6.70. The molecule has 1 fully saturated rings. The molecule has 3 atom stereocenters. The topological polar surface area (TPSA) is 128 Å². The molecule has 0 bridgehead atoms. The largest absolute Gasteiger partial charge is 0.483 e. The number of carbonyl (C=O) groups is 4. The maximum Gasteiger partial charge on any atom is 0.416 e. The van der Waals surface area contributed by atoms with E-state index in [9.17, 15) is 37.5 Å². The number of aliphatic hydroxyl groups is 1. The van der Waals surface area contributed by atoms with E-state index in [0.29, 0.717) is 6.07 Å². The molecule has 0 radical (unpaired) electrons. The maximum absolute atomic E-state index is 13.7. The van der Waals surface area contributed by atoms with Crippen LogP contribution in [0.3, 0.4) is 0 Å². The molecule has 1 aromatic rings. The normalized spacial score (nSPS) is 18.2. The first kappa shape index (κ1) is 34.8. The highest BCUT2D eigenvalue weighted by atomic mass is 19.4. The minimum Gasteiger partial charge on any atom is -0.483 e. The molecule has 3 N–H and O–H groups in total. The molecule has 1 aliphatic heterocycles. The van der Waals surface area contributed by atoms with E-state index in [1.807, 2.05) is 0 Å². The van der Waals surface area contributed by atoms with Crippen molar-refractivity contribution in [3.05, 3.63) is 29.3 Å². The van der Waals surface area contributed by atoms with Gasteiger partial charge >= 0.3 is 6.18 Å². The predicted octanol–water partition coefficient (Wildman–Crippen LogP) is 2.97. The smallest absolute Gasteiger partial charge is 0.416 e. The van der Waals surface area contributed by atoms with Gasteiger partial charge in [-0.05, 0) is 65.2 Å². The van der Waals surface area contributed by atoms with Gasteiger partial charge in [-0.2, -0.15) is 13.2 Å². The summed E-state index contributed by atoms with van der Waals surface area (Å²) in [4.78, 5) is 55.2. The first-order valence-corrected chi connectivity index (χ1v) is 13.9. The second-order valence-electron chi connectivity index (χ2n) is 12.4. The van der Waals surface area contributed by atoms with Gasteiger partial charge in [0, 0.05) is 31.6 Å². The van der Waals surface area contributed by atoms with Gasteiger partial charge in [0.15, 0.2) is 6.61 Å². The van der Waals surface area contributed by atoms with Crippen LogP contribution >= 0.6 is 0 Å². The molecule has 4 amide bonds. The highest BCUT2D eigenvalue weighted by molar-refractivity contribution is 6.00. The average molecular weight is 601 g/mol. The molecule has 42 heavy (non-hydrogen) atoms. The average Bonchev–Trinajstić information content (AvgIpc) is 3.25. The molecule has 1 saturated heterocycles. The van der Waals surface area contributed by atoms with E-state index in [2.05, 4.69) is 10.6 Å². The second-order valence-corrected chi connectivity index (χ2v) is 12.4. The lowest BCUT2D eigenvalue weighted by Gasteiger charge is -2.32. The number of ether oxygens (including phenoxy) is 1. The number of hydrogen-bond donors (Lipinski definition) is 3. The quantitative estimate of drug-likeness (QED) is 0.379. The summed E-state index contributed by atoms with van der Waals surface area (Å²) in [5.74, 6) is -2.97. The Kier molecular flexibility index (Phi) is 11.4. The van der Waals surface area contributed by atoms with Crippen molar-refractivity contribution < 1.29 is 42.2 Å². The molecule has 0 aliphatic carbocycles. The fourth-order valence-corrected chi connectivity index (χ4v) is 4.52. The minimum absolute atomic E-state index is 0.0201. The lowest BCUT2D eigenvalue weighted by atomic mass is 10.0. The Morgan fingerprint density at radius 2 is 1.74 bits per heavy atom. The van der Waals surface area contributed by atoms with Crippen molar-refractivity contribution in [3.63, 3.8) is 0 Å². The summed E-state index contributed by atoms with van der Waals surface area (Å²) in [5.41, 5.74) is -2.21. The fraction of sp³-hybridized carbons (Fsp3) is 0.655. The van der Waals surface area contributed by atoms with Gasteiger partial charge < -0.3 is 30.3 Å². The van der Waals surface area contributed by atoms with Crippen molar-refractivity contribution >= 4 is 23.6 Å². The lowest BCUT2D eigenvalue weighted by molar-refractivity contribution is -0.145. The summed E-state index contributed by atoms with van der Waals surface area (Å²) in [5, 5.41) is 15.5. The summed E-state index contributed by atoms with van der Waals surface area (Å²) in [6, 6.07) is -0.0450. The van der Waals surface area contributed by atoms with Crippen LogP contribution in [0.4, 0.5) is 13.2 Å². The summed E-state index contributed by atoms with van der Waals surface area (Å²) >= 11 is 0. The number of amides is 4. The van der Waals surface area contributed by atoms with E-state index in [1.54, 1.807) is 55.5 Å². The number of aliphatic hydroxyl groups excluding tert-OH is 1. The molecule has 1 aromatic carbocycles. The van der Waals surface area contributed by atoms with Crippen molar-refractivity contribution in [2.45, 2.75) is 97.3 Å². The molecule has 236 valence electrons. The molecule has 2 rings (SSSR count). The number of nitrogens with one attached hydrogen (secondary N) is 2. The maximum atomic E-state index is 13.7. The van der Waals surface area contributed by atoms with Crippen molar-refractivity contribution in [1.82, 2.24) is 20.4 Å². The Morgan fingerprint density at radius 3 is 2.26 bits per heavy atom. The zero-order valence-corrected chi connectivity index (χ0v) is 25.5. The monoisotopic (exact) mass is 600 g/mol. The Morgan fingerprint density at radius 1 is 1.12 bits per heavy atom. The van der Waals surface area contributed by atoms with Gasteiger partial charge in [-0.3, -0.25) is 19.2 Å². The number of rotatable bonds is 10. The van der Waals surface area contributed by atoms with Crippen LogP contribution in [0.1, 0.15) is 77.2 Å². The number of halogens is 3. The molecule has 0 aromatic heterocycles. The third kappa shape index (κ3) is 9.60. The highest BCUT2D eigenvalue weighted by Gasteiger charge is 2.43. The van der Waals surface area contributed by atoms with Crippen molar-refractivity contribution in [2.75, 3.05) is 20.2 Å². The Hall–Kier alpha value is -3.35. The van der Waals surface area contributed by atoms with Crippen LogP contribution in [0.25, 0.3) is 0 Å². The summed E-state index contributed by atoms with van der Waals surface area (Å²) in [7, 11) is 1.59. The number of likely N-dealkylation sites (tertiary alicyclic amines) is 1. The molecule has 0 spiro atoms. The predicted molar refractivity (Wildman–Crippen MR) is 150 cm³/mol.